The van der Waals surface area contributed by atoms with Crippen LogP contribution < -0.4 is 10.6 Å². The van der Waals surface area contributed by atoms with Crippen molar-refractivity contribution >= 4 is 11.6 Å². The molecule has 0 aromatic carbocycles. The van der Waals surface area contributed by atoms with E-state index in [0.717, 1.165) is 36.6 Å². The van der Waals surface area contributed by atoms with E-state index < -0.39 is 0 Å². The SMILES string of the molecule is CCCc1c(NCC)ncnc1NC(CCO)C(C)(C)C. The van der Waals surface area contributed by atoms with E-state index in [-0.39, 0.29) is 18.1 Å². The third-order valence-corrected chi connectivity index (χ3v) is 3.56. The highest BCUT2D eigenvalue weighted by Crippen LogP contribution is 2.28. The number of aromatic nitrogens is 2. The summed E-state index contributed by atoms with van der Waals surface area (Å²) in [7, 11) is 0. The van der Waals surface area contributed by atoms with Crippen molar-refractivity contribution in [3.8, 4) is 0 Å². The van der Waals surface area contributed by atoms with E-state index in [2.05, 4.69) is 55.2 Å². The van der Waals surface area contributed by atoms with Crippen LogP contribution in [0.25, 0.3) is 0 Å². The Bertz CT molecular complexity index is 429. The van der Waals surface area contributed by atoms with E-state index in [0.29, 0.717) is 6.42 Å². The number of hydrogen-bond acceptors (Lipinski definition) is 5. The molecule has 1 rings (SSSR count). The molecule has 0 aliphatic carbocycles. The van der Waals surface area contributed by atoms with Crippen molar-refractivity contribution in [3.63, 3.8) is 0 Å². The Labute approximate surface area is 128 Å². The molecule has 1 aromatic rings. The van der Waals surface area contributed by atoms with E-state index >= 15 is 0 Å². The van der Waals surface area contributed by atoms with Gasteiger partial charge < -0.3 is 15.7 Å². The minimum absolute atomic E-state index is 0.0511. The van der Waals surface area contributed by atoms with E-state index in [1.54, 1.807) is 6.33 Å². The number of hydrogen-bond donors (Lipinski definition) is 3. The van der Waals surface area contributed by atoms with Gasteiger partial charge >= 0.3 is 0 Å². The minimum atomic E-state index is 0.0511. The minimum Gasteiger partial charge on any atom is -0.396 e. The molecule has 1 aromatic heterocycles. The average molecular weight is 294 g/mol. The molecule has 1 unspecified atom stereocenters. The Balaban J connectivity index is 3.07. The van der Waals surface area contributed by atoms with Crippen LogP contribution in [-0.2, 0) is 6.42 Å². The second-order valence-electron chi connectivity index (χ2n) is 6.40. The van der Waals surface area contributed by atoms with Crippen molar-refractivity contribution in [2.24, 2.45) is 5.41 Å². The second kappa shape index (κ2) is 8.17. The zero-order chi connectivity index (χ0) is 15.9. The van der Waals surface area contributed by atoms with Gasteiger partial charge in [0.25, 0.3) is 0 Å². The Morgan fingerprint density at radius 1 is 1.19 bits per heavy atom. The van der Waals surface area contributed by atoms with Crippen LogP contribution in [0, 0.1) is 5.41 Å². The molecule has 5 nitrogen and oxygen atoms in total. The third kappa shape index (κ3) is 5.16. The lowest BCUT2D eigenvalue weighted by molar-refractivity contribution is 0.235. The van der Waals surface area contributed by atoms with Gasteiger partial charge in [0.2, 0.25) is 0 Å². The number of aliphatic hydroxyl groups excluding tert-OH is 1. The lowest BCUT2D eigenvalue weighted by atomic mass is 9.85. The lowest BCUT2D eigenvalue weighted by Crippen LogP contribution is -2.35. The smallest absolute Gasteiger partial charge is 0.134 e. The van der Waals surface area contributed by atoms with Gasteiger partial charge in [-0.05, 0) is 25.2 Å². The summed E-state index contributed by atoms with van der Waals surface area (Å²) in [6, 6.07) is 0.169. The van der Waals surface area contributed by atoms with Crippen LogP contribution in [0.4, 0.5) is 11.6 Å². The first kappa shape index (κ1) is 17.7. The summed E-state index contributed by atoms with van der Waals surface area (Å²) in [5.41, 5.74) is 1.18. The van der Waals surface area contributed by atoms with E-state index in [4.69, 9.17) is 0 Å². The maximum atomic E-state index is 9.30. The molecule has 3 N–H and O–H groups in total. The molecule has 5 heteroatoms. The second-order valence-corrected chi connectivity index (χ2v) is 6.40. The lowest BCUT2D eigenvalue weighted by Gasteiger charge is -2.32. The van der Waals surface area contributed by atoms with Gasteiger partial charge in [-0.25, -0.2) is 9.97 Å². The van der Waals surface area contributed by atoms with Crippen molar-refractivity contribution in [1.82, 2.24) is 9.97 Å². The zero-order valence-corrected chi connectivity index (χ0v) is 14.0. The van der Waals surface area contributed by atoms with E-state index in [1.165, 1.54) is 0 Å². The summed E-state index contributed by atoms with van der Waals surface area (Å²) in [6.45, 7) is 11.7. The van der Waals surface area contributed by atoms with Crippen LogP contribution in [0.3, 0.4) is 0 Å². The quantitative estimate of drug-likeness (QED) is 0.687. The first-order chi connectivity index (χ1) is 9.93. The van der Waals surface area contributed by atoms with Crippen molar-refractivity contribution in [2.75, 3.05) is 23.8 Å². The number of aliphatic hydroxyl groups is 1. The van der Waals surface area contributed by atoms with Gasteiger partial charge in [0.15, 0.2) is 0 Å². The predicted molar refractivity (Wildman–Crippen MR) is 88.8 cm³/mol. The molecule has 0 saturated heterocycles. The van der Waals surface area contributed by atoms with Gasteiger partial charge in [-0.2, -0.15) is 0 Å². The van der Waals surface area contributed by atoms with Crippen LogP contribution in [0.15, 0.2) is 6.33 Å². The van der Waals surface area contributed by atoms with Gasteiger partial charge in [0.1, 0.15) is 18.0 Å². The Morgan fingerprint density at radius 2 is 1.86 bits per heavy atom. The number of nitrogens with zero attached hydrogens (tertiary/aromatic N) is 2. The van der Waals surface area contributed by atoms with Crippen LogP contribution in [0.2, 0.25) is 0 Å². The largest absolute Gasteiger partial charge is 0.396 e. The summed E-state index contributed by atoms with van der Waals surface area (Å²) < 4.78 is 0. The normalized spacial score (nSPS) is 13.0. The monoisotopic (exact) mass is 294 g/mol. The zero-order valence-electron chi connectivity index (χ0n) is 14.0. The number of nitrogens with one attached hydrogen (secondary N) is 2. The molecular formula is C16H30N4O. The van der Waals surface area contributed by atoms with Crippen molar-refractivity contribution in [3.05, 3.63) is 11.9 Å². The third-order valence-electron chi connectivity index (χ3n) is 3.56. The molecular weight excluding hydrogens is 264 g/mol. The topological polar surface area (TPSA) is 70.1 Å². The highest BCUT2D eigenvalue weighted by atomic mass is 16.3. The molecule has 1 heterocycles. The fourth-order valence-corrected chi connectivity index (χ4v) is 2.36. The van der Waals surface area contributed by atoms with Crippen LogP contribution in [-0.4, -0.2) is 34.3 Å². The molecule has 1 atom stereocenters. The molecule has 0 fully saturated rings. The van der Waals surface area contributed by atoms with Gasteiger partial charge in [-0.3, -0.25) is 0 Å². The Kier molecular flexibility index (Phi) is 6.89. The van der Waals surface area contributed by atoms with Gasteiger partial charge in [-0.15, -0.1) is 0 Å². The number of rotatable bonds is 8. The summed E-state index contributed by atoms with van der Waals surface area (Å²) in [5, 5.41) is 16.1. The molecule has 0 saturated carbocycles. The first-order valence-corrected chi connectivity index (χ1v) is 7.89. The molecule has 21 heavy (non-hydrogen) atoms. The van der Waals surface area contributed by atoms with Crippen LogP contribution >= 0.6 is 0 Å². The highest BCUT2D eigenvalue weighted by molar-refractivity contribution is 5.58. The fourth-order valence-electron chi connectivity index (χ4n) is 2.36. The molecule has 0 radical (unpaired) electrons. The van der Waals surface area contributed by atoms with Crippen molar-refractivity contribution in [1.29, 1.82) is 0 Å². The summed E-state index contributed by atoms with van der Waals surface area (Å²) in [4.78, 5) is 8.78. The molecule has 0 amide bonds. The van der Waals surface area contributed by atoms with Crippen molar-refractivity contribution in [2.45, 2.75) is 59.9 Å². The summed E-state index contributed by atoms with van der Waals surface area (Å²) >= 11 is 0. The number of anilines is 2. The average Bonchev–Trinajstić information content (AvgIpc) is 2.41. The maximum Gasteiger partial charge on any atom is 0.134 e. The molecule has 0 spiro atoms. The van der Waals surface area contributed by atoms with Gasteiger partial charge in [0, 0.05) is 24.8 Å². The molecule has 120 valence electrons. The first-order valence-electron chi connectivity index (χ1n) is 7.89. The fraction of sp³-hybridized carbons (Fsp3) is 0.750. The van der Waals surface area contributed by atoms with Gasteiger partial charge in [-0.1, -0.05) is 34.1 Å². The molecule has 0 aliphatic heterocycles. The maximum absolute atomic E-state index is 9.30. The van der Waals surface area contributed by atoms with Crippen LogP contribution in [0.5, 0.6) is 0 Å². The van der Waals surface area contributed by atoms with Gasteiger partial charge in [0.05, 0.1) is 0 Å². The van der Waals surface area contributed by atoms with E-state index in [9.17, 15) is 5.11 Å². The Morgan fingerprint density at radius 3 is 2.38 bits per heavy atom. The molecule has 0 aliphatic rings. The molecule has 0 bridgehead atoms. The van der Waals surface area contributed by atoms with Crippen LogP contribution in [0.1, 0.15) is 53.0 Å². The van der Waals surface area contributed by atoms with Crippen molar-refractivity contribution < 1.29 is 5.11 Å². The highest BCUT2D eigenvalue weighted by Gasteiger charge is 2.25. The summed E-state index contributed by atoms with van der Waals surface area (Å²) in [5.74, 6) is 1.80. The standard InChI is InChI=1S/C16H30N4O/c1-6-8-12-14(17-7-2)18-11-19-15(12)20-13(9-10-21)16(3,4)5/h11,13,21H,6-10H2,1-5H3,(H2,17,18,19,20). The Hall–Kier alpha value is -1.36. The predicted octanol–water partition coefficient (Wildman–Crippen LogP) is 3.07. The summed E-state index contributed by atoms with van der Waals surface area (Å²) in [6.07, 6.45) is 4.27. The van der Waals surface area contributed by atoms with E-state index in [1.807, 2.05) is 0 Å².